The number of rotatable bonds is 3. The molecule has 6 N–H and O–H groups in total. The first-order chi connectivity index (χ1) is 21.9. The van der Waals surface area contributed by atoms with Crippen molar-refractivity contribution in [3.05, 3.63) is 29.3 Å². The number of hydrogen-bond acceptors (Lipinski definition) is 17. The topological polar surface area (TPSA) is 278 Å². The van der Waals surface area contributed by atoms with Gasteiger partial charge in [-0.15, -0.1) is 0 Å². The van der Waals surface area contributed by atoms with Crippen LogP contribution in [0.2, 0.25) is 0 Å². The Morgan fingerprint density at radius 3 is 2.54 bits per heavy atom. The first kappa shape index (κ1) is 31.3. The van der Waals surface area contributed by atoms with Crippen LogP contribution in [0.3, 0.4) is 0 Å². The normalized spacial score (nSPS) is 35.0. The molecule has 21 nitrogen and oxygen atoms in total. The Labute approximate surface area is 262 Å². The first-order valence-electron chi connectivity index (χ1n) is 13.3. The number of ether oxygens (including phenoxy) is 3. The zero-order valence-electron chi connectivity index (χ0n) is 23.3. The minimum Gasteiger partial charge on any atom is -0.382 e. The van der Waals surface area contributed by atoms with Crippen LogP contribution in [0.4, 0.5) is 16.2 Å². The van der Waals surface area contributed by atoms with Crippen molar-refractivity contribution in [1.82, 2.24) is 43.8 Å². The van der Waals surface area contributed by atoms with Crippen molar-refractivity contribution >= 4 is 63.4 Å². The van der Waals surface area contributed by atoms with E-state index in [2.05, 4.69) is 46.9 Å². The second-order valence-electron chi connectivity index (χ2n) is 10.3. The molecule has 248 valence electrons. The summed E-state index contributed by atoms with van der Waals surface area (Å²) in [6.45, 7) is -5.58. The van der Waals surface area contributed by atoms with Crippen LogP contribution in [0.1, 0.15) is 12.5 Å². The van der Waals surface area contributed by atoms with E-state index >= 15 is 4.39 Å². The van der Waals surface area contributed by atoms with Crippen LogP contribution in [0.15, 0.2) is 23.8 Å². The lowest BCUT2D eigenvalue weighted by atomic mass is 10.1. The van der Waals surface area contributed by atoms with E-state index in [9.17, 15) is 17.8 Å². The highest BCUT2D eigenvalue weighted by Gasteiger charge is 2.53. The Hall–Kier alpha value is -3.32. The van der Waals surface area contributed by atoms with Crippen LogP contribution < -0.4 is 21.7 Å². The molecule has 3 aliphatic rings. The molecule has 0 amide bonds. The molecule has 4 aromatic rings. The lowest BCUT2D eigenvalue weighted by Gasteiger charge is -2.26. The molecule has 3 aliphatic heterocycles. The second kappa shape index (κ2) is 11.4. The third kappa shape index (κ3) is 5.42. The zero-order chi connectivity index (χ0) is 32.5. The van der Waals surface area contributed by atoms with Gasteiger partial charge >= 0.3 is 17.1 Å². The summed E-state index contributed by atoms with van der Waals surface area (Å²) in [5, 5.41) is 0. The average Bonchev–Trinajstić information content (AvgIpc) is 3.75. The van der Waals surface area contributed by atoms with E-state index in [0.29, 0.717) is 0 Å². The van der Waals surface area contributed by atoms with Crippen LogP contribution in [-0.4, -0.2) is 104 Å². The molecule has 0 saturated carbocycles. The Kier molecular flexibility index (Phi) is 7.77. The number of methoxy groups -OCH3 is 1. The Morgan fingerprint density at radius 2 is 1.78 bits per heavy atom. The fourth-order valence-electron chi connectivity index (χ4n) is 5.56. The van der Waals surface area contributed by atoms with Gasteiger partial charge in [-0.25, -0.2) is 33.1 Å². The third-order valence-corrected chi connectivity index (χ3v) is 10.2. The third-order valence-electron chi connectivity index (χ3n) is 7.57. The number of nitrogens with one attached hydrogen (secondary N) is 2. The molecule has 7 rings (SSSR count). The zero-order valence-corrected chi connectivity index (χ0v) is 25.9. The number of nitrogens with zero attached hydrogens (tertiary/aromatic N) is 7. The molecular weight excluding hydrogens is 680 g/mol. The van der Waals surface area contributed by atoms with E-state index in [4.69, 9.17) is 38.9 Å². The molecule has 25 heteroatoms. The van der Waals surface area contributed by atoms with Gasteiger partial charge in [0.05, 0.1) is 19.3 Å². The molecule has 0 spiro atoms. The van der Waals surface area contributed by atoms with Gasteiger partial charge in [-0.05, 0) is 0 Å². The number of aromatic amines is 1. The Morgan fingerprint density at radius 1 is 1.07 bits per heavy atom. The lowest BCUT2D eigenvalue weighted by Crippen LogP contribution is -2.44. The van der Waals surface area contributed by atoms with Crippen molar-refractivity contribution < 1.29 is 44.8 Å². The van der Waals surface area contributed by atoms with Gasteiger partial charge in [-0.1, -0.05) is 12.2 Å². The highest BCUT2D eigenvalue weighted by molar-refractivity contribution is 8.44. The van der Waals surface area contributed by atoms with E-state index < -0.39 is 85.0 Å². The van der Waals surface area contributed by atoms with Crippen molar-refractivity contribution in [2.75, 3.05) is 31.7 Å². The predicted octanol–water partition coefficient (Wildman–Crippen LogP) is -1.06. The second-order valence-corrected chi connectivity index (χ2v) is 14.6. The van der Waals surface area contributed by atoms with Crippen LogP contribution in [-0.2, 0) is 42.3 Å². The SMILES string of the molecule is CO[C@H]1[C@H]2O[P@](=O)(S)OC[C@H]3O[C@@H](n4cnc5c(N)ncnc54)[C@H](F)[C@@H]3OS(=O)(=O)NC[C@H]1O[C@H]2n1cnc2c(=O)[nH]c(N)nc21. The van der Waals surface area contributed by atoms with Crippen LogP contribution in [0, 0.1) is 0 Å². The molecule has 3 saturated heterocycles. The molecule has 0 radical (unpaired) electrons. The molecule has 0 aliphatic carbocycles. The van der Waals surface area contributed by atoms with Gasteiger partial charge in [-0.2, -0.15) is 18.1 Å². The van der Waals surface area contributed by atoms with Gasteiger partial charge in [-0.3, -0.25) is 28.0 Å². The Balaban J connectivity index is 1.22. The molecule has 2 bridgehead atoms. The predicted molar refractivity (Wildman–Crippen MR) is 155 cm³/mol. The highest BCUT2D eigenvalue weighted by Crippen LogP contribution is 2.57. The van der Waals surface area contributed by atoms with Gasteiger partial charge in [0, 0.05) is 13.7 Å². The van der Waals surface area contributed by atoms with E-state index in [-0.39, 0.29) is 34.1 Å². The van der Waals surface area contributed by atoms with Gasteiger partial charge in [0.2, 0.25) is 5.95 Å². The van der Waals surface area contributed by atoms with Gasteiger partial charge in [0.1, 0.15) is 42.4 Å². The quantitative estimate of drug-likeness (QED) is 0.125. The number of fused-ring (bicyclic) bond motifs is 5. The van der Waals surface area contributed by atoms with Crippen molar-refractivity contribution in [1.29, 1.82) is 0 Å². The minimum absolute atomic E-state index is 0.0171. The largest absolute Gasteiger partial charge is 0.386 e. The van der Waals surface area contributed by atoms with Crippen LogP contribution in [0.25, 0.3) is 22.3 Å². The molecule has 9 atom stereocenters. The van der Waals surface area contributed by atoms with Crippen molar-refractivity contribution in [3.8, 4) is 0 Å². The number of halogens is 1. The standard InChI is InChI=1S/C21H25FN11O10PS2/c1-38-13-7-2-29-46(36,37)43-12-8(41-19(9(12)22)32-5-27-10-15(23)25-4-26-16(10)32)3-39-44(35,45)42-14(13)20(40-7)33-6-28-11-17(33)30-21(24)31-18(11)34/h4-9,12-14,19-20,29H,2-3H2,1H3,(H,35,45)(H2,23,25,26)(H3,24,30,31,34)/t7-,8-,9-,12-,13-,14-,19-,20-,44-/m1/s1. The maximum absolute atomic E-state index is 16.0. The van der Waals surface area contributed by atoms with Crippen molar-refractivity contribution in [2.24, 2.45) is 0 Å². The monoisotopic (exact) mass is 705 g/mol. The molecule has 4 aromatic heterocycles. The van der Waals surface area contributed by atoms with E-state index in [1.165, 1.54) is 28.9 Å². The number of nitrogens with two attached hydrogens (primary N) is 2. The number of nitrogen functional groups attached to an aromatic ring is 2. The smallest absolute Gasteiger partial charge is 0.382 e. The number of hydrogen-bond donors (Lipinski definition) is 5. The summed E-state index contributed by atoms with van der Waals surface area (Å²) in [4.78, 5) is 34.9. The first-order valence-corrected chi connectivity index (χ1v) is 17.4. The van der Waals surface area contributed by atoms with Gasteiger partial charge < -0.3 is 25.7 Å². The number of imidazole rings is 2. The summed E-state index contributed by atoms with van der Waals surface area (Å²) in [5.74, 6) is -0.196. The molecule has 46 heavy (non-hydrogen) atoms. The van der Waals surface area contributed by atoms with Crippen LogP contribution >= 0.6 is 19.0 Å². The Bertz CT molecular complexity index is 2030. The lowest BCUT2D eigenvalue weighted by molar-refractivity contribution is -0.0478. The van der Waals surface area contributed by atoms with Gasteiger partial charge in [0.25, 0.3) is 5.56 Å². The summed E-state index contributed by atoms with van der Waals surface area (Å²) in [5.41, 5.74) is 11.1. The highest BCUT2D eigenvalue weighted by atomic mass is 32.7. The molecule has 0 unspecified atom stereocenters. The van der Waals surface area contributed by atoms with Crippen LogP contribution in [0.5, 0.6) is 0 Å². The molecular formula is C21H25FN11O10PS2. The summed E-state index contributed by atoms with van der Waals surface area (Å²) in [6, 6.07) is 0. The van der Waals surface area contributed by atoms with E-state index in [0.717, 1.165) is 6.33 Å². The average molecular weight is 706 g/mol. The summed E-state index contributed by atoms with van der Waals surface area (Å²) >= 11 is 4.10. The number of alkyl halides is 1. The number of aromatic nitrogens is 8. The molecule has 7 heterocycles. The van der Waals surface area contributed by atoms with Crippen molar-refractivity contribution in [3.63, 3.8) is 0 Å². The molecule has 0 aromatic carbocycles. The summed E-state index contributed by atoms with van der Waals surface area (Å²) < 4.78 is 94.6. The van der Waals surface area contributed by atoms with E-state index in [1.807, 2.05) is 0 Å². The fourth-order valence-corrected chi connectivity index (χ4v) is 7.98. The number of H-pyrrole nitrogens is 1. The van der Waals surface area contributed by atoms with Gasteiger partial charge in [0.15, 0.2) is 41.3 Å². The number of thiol groups is 1. The fraction of sp³-hybridized carbons (Fsp3) is 0.524. The summed E-state index contributed by atoms with van der Waals surface area (Å²) in [7, 11) is -3.42. The minimum atomic E-state index is -4.71. The summed E-state index contributed by atoms with van der Waals surface area (Å²) in [6.07, 6.45) is -8.17. The van der Waals surface area contributed by atoms with E-state index in [1.54, 1.807) is 0 Å². The number of anilines is 2. The van der Waals surface area contributed by atoms with Crippen molar-refractivity contribution in [2.45, 2.75) is 49.1 Å². The maximum atomic E-state index is 16.0. The molecule has 3 fully saturated rings. The maximum Gasteiger partial charge on any atom is 0.386 e.